The lowest BCUT2D eigenvalue weighted by molar-refractivity contribution is 0.398. The number of allylic oxidation sites excluding steroid dienone is 1. The van der Waals surface area contributed by atoms with Gasteiger partial charge in [0, 0.05) is 14.6 Å². The van der Waals surface area contributed by atoms with Crippen LogP contribution in [0.1, 0.15) is 17.0 Å². The minimum atomic E-state index is -0.532. The molecule has 4 rings (SSSR count). The van der Waals surface area contributed by atoms with Gasteiger partial charge in [0.15, 0.2) is 0 Å². The van der Waals surface area contributed by atoms with Gasteiger partial charge in [0.05, 0.1) is 11.5 Å². The number of benzene rings is 2. The third-order valence-corrected chi connectivity index (χ3v) is 5.69. The smallest absolute Gasteiger partial charge is 0.240 e. The van der Waals surface area contributed by atoms with Crippen molar-refractivity contribution in [1.82, 2.24) is 0 Å². The topological polar surface area (TPSA) is 76.1 Å². The molecule has 0 spiro atoms. The van der Waals surface area contributed by atoms with E-state index in [1.807, 2.05) is 48.5 Å². The zero-order valence-electron chi connectivity index (χ0n) is 12.8. The third kappa shape index (κ3) is 2.53. The van der Waals surface area contributed by atoms with Gasteiger partial charge in [0.2, 0.25) is 10.6 Å². The SMILES string of the molecule is N#CC1=C(N)Oc2c(c(=O)sc3ccccc23)C1c1ccc(Br)cc1. The molecule has 0 amide bonds. The molecule has 2 heterocycles. The summed E-state index contributed by atoms with van der Waals surface area (Å²) in [6.45, 7) is 0. The highest BCUT2D eigenvalue weighted by Crippen LogP contribution is 2.44. The predicted molar refractivity (Wildman–Crippen MR) is 102 cm³/mol. The summed E-state index contributed by atoms with van der Waals surface area (Å²) in [7, 11) is 0. The molecule has 0 fully saturated rings. The van der Waals surface area contributed by atoms with Gasteiger partial charge in [-0.2, -0.15) is 5.26 Å². The molecular formula is C19H11BrN2O2S. The molecule has 1 atom stereocenters. The first-order valence-corrected chi connectivity index (χ1v) is 9.10. The monoisotopic (exact) mass is 410 g/mol. The van der Waals surface area contributed by atoms with E-state index in [9.17, 15) is 10.1 Å². The van der Waals surface area contributed by atoms with Crippen LogP contribution in [0.15, 0.2) is 69.3 Å². The highest BCUT2D eigenvalue weighted by molar-refractivity contribution is 9.10. The standard InChI is InChI=1S/C19H11BrN2O2S/c20-11-7-5-10(6-8-11)15-13(9-21)18(22)24-17-12-3-1-2-4-14(12)25-19(23)16(15)17/h1-8,15H,22H2. The minimum absolute atomic E-state index is 0.0451. The fourth-order valence-corrected chi connectivity index (χ4v) is 4.26. The van der Waals surface area contributed by atoms with Crippen molar-refractivity contribution in [2.75, 3.05) is 0 Å². The number of halogens is 1. The molecule has 1 unspecified atom stereocenters. The second kappa shape index (κ2) is 6.03. The lowest BCUT2D eigenvalue weighted by Gasteiger charge is -2.26. The van der Waals surface area contributed by atoms with Gasteiger partial charge in [0.25, 0.3) is 0 Å². The number of hydrogen-bond donors (Lipinski definition) is 1. The van der Waals surface area contributed by atoms with E-state index in [4.69, 9.17) is 10.5 Å². The van der Waals surface area contributed by atoms with E-state index in [1.165, 1.54) is 0 Å². The van der Waals surface area contributed by atoms with E-state index in [2.05, 4.69) is 22.0 Å². The lowest BCUT2D eigenvalue weighted by atomic mass is 9.84. The number of rotatable bonds is 1. The fourth-order valence-electron chi connectivity index (χ4n) is 3.05. The molecule has 25 heavy (non-hydrogen) atoms. The highest BCUT2D eigenvalue weighted by atomic mass is 79.9. The van der Waals surface area contributed by atoms with E-state index in [0.29, 0.717) is 11.3 Å². The average molecular weight is 411 g/mol. The summed E-state index contributed by atoms with van der Waals surface area (Å²) in [4.78, 5) is 12.9. The van der Waals surface area contributed by atoms with Crippen LogP contribution in [-0.2, 0) is 0 Å². The molecule has 0 aliphatic carbocycles. The molecule has 2 N–H and O–H groups in total. The van der Waals surface area contributed by atoms with Crippen LogP contribution in [0.25, 0.3) is 10.1 Å². The number of fused-ring (bicyclic) bond motifs is 3. The maximum atomic E-state index is 12.9. The first kappa shape index (κ1) is 15.9. The molecule has 122 valence electrons. The fraction of sp³-hybridized carbons (Fsp3) is 0.0526. The molecule has 1 aliphatic heterocycles. The van der Waals surface area contributed by atoms with Gasteiger partial charge in [-0.15, -0.1) is 0 Å². The number of ether oxygens (including phenoxy) is 1. The first-order chi connectivity index (χ1) is 12.1. The maximum absolute atomic E-state index is 12.9. The average Bonchev–Trinajstić information content (AvgIpc) is 2.61. The van der Waals surface area contributed by atoms with Crippen LogP contribution in [-0.4, -0.2) is 0 Å². The second-order valence-corrected chi connectivity index (χ2v) is 7.54. The second-order valence-electron chi connectivity index (χ2n) is 5.60. The Morgan fingerprint density at radius 1 is 1.16 bits per heavy atom. The van der Waals surface area contributed by atoms with Crippen molar-refractivity contribution in [2.24, 2.45) is 5.73 Å². The van der Waals surface area contributed by atoms with E-state index >= 15 is 0 Å². The summed E-state index contributed by atoms with van der Waals surface area (Å²) in [5.41, 5.74) is 7.58. The van der Waals surface area contributed by atoms with Crippen LogP contribution in [0.4, 0.5) is 0 Å². The van der Waals surface area contributed by atoms with E-state index in [-0.39, 0.29) is 16.2 Å². The zero-order chi connectivity index (χ0) is 17.6. The molecule has 3 aromatic rings. The van der Waals surface area contributed by atoms with Crippen molar-refractivity contribution < 1.29 is 4.74 Å². The van der Waals surface area contributed by atoms with Gasteiger partial charge in [0.1, 0.15) is 17.4 Å². The van der Waals surface area contributed by atoms with E-state index in [0.717, 1.165) is 31.5 Å². The van der Waals surface area contributed by atoms with Crippen LogP contribution >= 0.6 is 27.3 Å². The van der Waals surface area contributed by atoms with Crippen LogP contribution in [0, 0.1) is 11.3 Å². The van der Waals surface area contributed by atoms with Crippen LogP contribution < -0.4 is 15.2 Å². The Labute approximate surface area is 155 Å². The Morgan fingerprint density at radius 3 is 2.60 bits per heavy atom. The van der Waals surface area contributed by atoms with E-state index in [1.54, 1.807) is 0 Å². The van der Waals surface area contributed by atoms with Gasteiger partial charge in [-0.1, -0.05) is 51.5 Å². The molecule has 0 saturated heterocycles. The van der Waals surface area contributed by atoms with Crippen molar-refractivity contribution in [3.63, 3.8) is 0 Å². The van der Waals surface area contributed by atoms with Crippen molar-refractivity contribution in [3.8, 4) is 11.8 Å². The van der Waals surface area contributed by atoms with Gasteiger partial charge in [-0.3, -0.25) is 4.79 Å². The summed E-state index contributed by atoms with van der Waals surface area (Å²) in [6.07, 6.45) is 0. The van der Waals surface area contributed by atoms with Crippen molar-refractivity contribution >= 4 is 37.4 Å². The lowest BCUT2D eigenvalue weighted by Crippen LogP contribution is -2.25. The summed E-state index contributed by atoms with van der Waals surface area (Å²) in [5, 5.41) is 10.4. The number of nitriles is 1. The summed E-state index contributed by atoms with van der Waals surface area (Å²) >= 11 is 4.56. The Kier molecular flexibility index (Phi) is 3.83. The zero-order valence-corrected chi connectivity index (χ0v) is 15.2. The molecule has 1 aliphatic rings. The molecular weight excluding hydrogens is 400 g/mol. The van der Waals surface area contributed by atoms with E-state index < -0.39 is 5.92 Å². The van der Waals surface area contributed by atoms with Gasteiger partial charge < -0.3 is 10.5 Å². The molecule has 6 heteroatoms. The van der Waals surface area contributed by atoms with Gasteiger partial charge in [-0.05, 0) is 29.8 Å². The summed E-state index contributed by atoms with van der Waals surface area (Å²) < 4.78 is 7.36. The summed E-state index contributed by atoms with van der Waals surface area (Å²) in [6, 6.07) is 17.2. The molecule has 2 aromatic carbocycles. The number of hydrogen-bond acceptors (Lipinski definition) is 5. The van der Waals surface area contributed by atoms with Crippen molar-refractivity contribution in [3.05, 3.63) is 85.1 Å². The minimum Gasteiger partial charge on any atom is -0.439 e. The Balaban J connectivity index is 2.08. The van der Waals surface area contributed by atoms with Crippen molar-refractivity contribution in [1.29, 1.82) is 5.26 Å². The van der Waals surface area contributed by atoms with Crippen molar-refractivity contribution in [2.45, 2.75) is 5.92 Å². The molecule has 4 nitrogen and oxygen atoms in total. The maximum Gasteiger partial charge on any atom is 0.240 e. The molecule has 1 aromatic heterocycles. The largest absolute Gasteiger partial charge is 0.439 e. The summed E-state index contributed by atoms with van der Waals surface area (Å²) in [5.74, 6) is -0.0392. The van der Waals surface area contributed by atoms with Crippen LogP contribution in [0.2, 0.25) is 0 Å². The van der Waals surface area contributed by atoms with Crippen LogP contribution in [0.5, 0.6) is 5.75 Å². The highest BCUT2D eigenvalue weighted by Gasteiger charge is 2.34. The van der Waals surface area contributed by atoms with Gasteiger partial charge >= 0.3 is 0 Å². The Morgan fingerprint density at radius 2 is 1.88 bits per heavy atom. The Bertz CT molecular complexity index is 1130. The molecule has 0 bridgehead atoms. The van der Waals surface area contributed by atoms with Gasteiger partial charge in [-0.25, -0.2) is 0 Å². The third-order valence-electron chi connectivity index (χ3n) is 4.18. The molecule has 0 radical (unpaired) electrons. The number of nitrogens with two attached hydrogens (primary N) is 1. The normalized spacial score (nSPS) is 16.2. The molecule has 0 saturated carbocycles. The quantitative estimate of drug-likeness (QED) is 0.650. The number of nitrogens with zero attached hydrogens (tertiary/aromatic N) is 1. The predicted octanol–water partition coefficient (Wildman–Crippen LogP) is 4.24. The Hall–Kier alpha value is -2.62. The first-order valence-electron chi connectivity index (χ1n) is 7.49. The van der Waals surface area contributed by atoms with Crippen LogP contribution in [0.3, 0.4) is 0 Å².